The lowest BCUT2D eigenvalue weighted by Crippen LogP contribution is -2.54. The number of ether oxygens (including phenoxy) is 3. The Bertz CT molecular complexity index is 1580. The normalized spacial score (nSPS) is 11.7. The third-order valence-corrected chi connectivity index (χ3v) is 6.86. The lowest BCUT2D eigenvalue weighted by molar-refractivity contribution is -0.384. The van der Waals surface area contributed by atoms with Crippen LogP contribution in [0.2, 0.25) is 0 Å². The molecule has 0 fully saturated rings. The predicted molar refractivity (Wildman–Crippen MR) is 176 cm³/mol. The van der Waals surface area contributed by atoms with Gasteiger partial charge in [-0.1, -0.05) is 56.3 Å². The topological polar surface area (TPSA) is 230 Å². The number of nitrogens with zero attached hydrogens (tertiary/aromatic N) is 1. The van der Waals surface area contributed by atoms with Gasteiger partial charge in [-0.15, -0.1) is 0 Å². The summed E-state index contributed by atoms with van der Waals surface area (Å²) in [4.78, 5) is 72.4. The molecule has 16 nitrogen and oxygen atoms in total. The maximum atomic E-state index is 13.3. The Labute approximate surface area is 281 Å². The molecule has 3 aromatic rings. The zero-order valence-corrected chi connectivity index (χ0v) is 26.9. The van der Waals surface area contributed by atoms with Gasteiger partial charge in [0.1, 0.15) is 31.0 Å². The molecule has 0 aliphatic rings. The molecule has 0 saturated carbocycles. The van der Waals surface area contributed by atoms with Gasteiger partial charge in [0, 0.05) is 24.4 Å². The van der Waals surface area contributed by atoms with Crippen LogP contribution < -0.4 is 31.7 Å². The van der Waals surface area contributed by atoms with Crippen LogP contribution in [0.15, 0.2) is 78.9 Å². The molecule has 0 bridgehead atoms. The van der Waals surface area contributed by atoms with Gasteiger partial charge in [0.05, 0.1) is 4.92 Å². The van der Waals surface area contributed by atoms with Gasteiger partial charge in [-0.3, -0.25) is 19.7 Å². The van der Waals surface area contributed by atoms with Crippen molar-refractivity contribution in [1.29, 1.82) is 0 Å². The molecule has 0 aromatic heterocycles. The summed E-state index contributed by atoms with van der Waals surface area (Å²) < 4.78 is 15.3. The predicted octanol–water partition coefficient (Wildman–Crippen LogP) is 4.13. The molecule has 0 spiro atoms. The molecule has 49 heavy (non-hydrogen) atoms. The summed E-state index contributed by atoms with van der Waals surface area (Å²) in [7, 11) is 0. The van der Waals surface area contributed by atoms with E-state index < -0.39 is 47.1 Å². The fourth-order valence-electron chi connectivity index (χ4n) is 4.29. The number of rotatable bonds is 16. The molecule has 0 saturated heterocycles. The molecule has 0 heterocycles. The Morgan fingerprint density at radius 2 is 1.45 bits per heavy atom. The second-order valence-corrected chi connectivity index (χ2v) is 11.0. The van der Waals surface area contributed by atoms with E-state index >= 15 is 0 Å². The zero-order chi connectivity index (χ0) is 35.8. The van der Waals surface area contributed by atoms with Crippen LogP contribution in [0, 0.1) is 16.0 Å². The van der Waals surface area contributed by atoms with Gasteiger partial charge < -0.3 is 41.2 Å². The smallest absolute Gasteiger partial charge is 0.445 e. The Kier molecular flexibility index (Phi) is 14.3. The highest BCUT2D eigenvalue weighted by molar-refractivity contribution is 5.98. The number of carbonyl (C=O) groups excluding carboxylic acids is 5. The second kappa shape index (κ2) is 18.8. The summed E-state index contributed by atoms with van der Waals surface area (Å²) >= 11 is 0. The number of anilines is 1. The standard InChI is InChI=1S/C33H38N6O10/c1-21(2)28(38-32(43)47-19-22-7-4-3-5-8-22)30(41)37-27(9-6-18-35-31(34)42)29(40)36-24-12-10-23(11-13-24)20-48-33(44)49-26-16-14-25(15-17-26)39(45)46/h3-5,7-8,10-17,21,27-28H,6,9,18-20H2,1-2H3,(H,36,40)(H,37,41)(H,38,43)(H3,34,35,42)/t27-,28-/m0/s1. The molecule has 3 rings (SSSR count). The maximum Gasteiger partial charge on any atom is 0.514 e. The van der Waals surface area contributed by atoms with Crippen LogP contribution in [0.4, 0.5) is 25.8 Å². The number of hydrogen-bond donors (Lipinski definition) is 5. The Balaban J connectivity index is 1.57. The Morgan fingerprint density at radius 1 is 0.816 bits per heavy atom. The number of alkyl carbamates (subject to hydrolysis) is 1. The van der Waals surface area contributed by atoms with E-state index in [2.05, 4.69) is 21.3 Å². The number of hydrogen-bond acceptors (Lipinski definition) is 10. The fourth-order valence-corrected chi connectivity index (χ4v) is 4.29. The summed E-state index contributed by atoms with van der Waals surface area (Å²) in [5.41, 5.74) is 6.68. The summed E-state index contributed by atoms with van der Waals surface area (Å²) in [6.07, 6.45) is -1.39. The first-order valence-electron chi connectivity index (χ1n) is 15.2. The third kappa shape index (κ3) is 13.2. The molecule has 3 aromatic carbocycles. The monoisotopic (exact) mass is 678 g/mol. The quantitative estimate of drug-likeness (QED) is 0.0478. The van der Waals surface area contributed by atoms with Crippen molar-refractivity contribution in [2.75, 3.05) is 11.9 Å². The summed E-state index contributed by atoms with van der Waals surface area (Å²) in [5.74, 6) is -1.45. The van der Waals surface area contributed by atoms with Crippen molar-refractivity contribution >= 4 is 41.5 Å². The first-order valence-corrected chi connectivity index (χ1v) is 15.2. The number of amides is 5. The highest BCUT2D eigenvalue weighted by atomic mass is 16.7. The molecule has 5 amide bonds. The van der Waals surface area contributed by atoms with Gasteiger partial charge in [-0.2, -0.15) is 0 Å². The molecular weight excluding hydrogens is 640 g/mol. The van der Waals surface area contributed by atoms with E-state index in [1.807, 2.05) is 6.07 Å². The first-order chi connectivity index (χ1) is 23.4. The zero-order valence-electron chi connectivity index (χ0n) is 26.9. The number of nitro groups is 1. The molecule has 260 valence electrons. The minimum atomic E-state index is -1.05. The van der Waals surface area contributed by atoms with Crippen LogP contribution in [0.5, 0.6) is 5.75 Å². The van der Waals surface area contributed by atoms with Crippen LogP contribution in [0.25, 0.3) is 0 Å². The van der Waals surface area contributed by atoms with Crippen molar-refractivity contribution < 1.29 is 43.1 Å². The number of nitro benzene ring substituents is 1. The van der Waals surface area contributed by atoms with Gasteiger partial charge in [0.15, 0.2) is 0 Å². The largest absolute Gasteiger partial charge is 0.514 e. The van der Waals surface area contributed by atoms with Gasteiger partial charge in [0.2, 0.25) is 11.8 Å². The van der Waals surface area contributed by atoms with Gasteiger partial charge in [0.25, 0.3) is 5.69 Å². The highest BCUT2D eigenvalue weighted by Gasteiger charge is 2.29. The summed E-state index contributed by atoms with van der Waals surface area (Å²) in [5, 5.41) is 21.2. The molecule has 0 unspecified atom stereocenters. The van der Waals surface area contributed by atoms with Crippen LogP contribution in [0.3, 0.4) is 0 Å². The number of nitrogens with two attached hydrogens (primary N) is 1. The molecule has 0 aliphatic carbocycles. The van der Waals surface area contributed by atoms with Crippen molar-refractivity contribution in [2.24, 2.45) is 11.7 Å². The van der Waals surface area contributed by atoms with E-state index in [1.165, 1.54) is 24.3 Å². The van der Waals surface area contributed by atoms with Crippen LogP contribution in [0.1, 0.15) is 37.8 Å². The van der Waals surface area contributed by atoms with E-state index in [4.69, 9.17) is 19.9 Å². The van der Waals surface area contributed by atoms with Crippen molar-refractivity contribution in [3.05, 3.63) is 100 Å². The fraction of sp³-hybridized carbons (Fsp3) is 0.303. The molecule has 0 aliphatic heterocycles. The average Bonchev–Trinajstić information content (AvgIpc) is 3.07. The number of nitrogens with one attached hydrogen (secondary N) is 4. The van der Waals surface area contributed by atoms with Gasteiger partial charge >= 0.3 is 18.3 Å². The average molecular weight is 679 g/mol. The van der Waals surface area contributed by atoms with Crippen LogP contribution >= 0.6 is 0 Å². The summed E-state index contributed by atoms with van der Waals surface area (Å²) in [6, 6.07) is 17.4. The van der Waals surface area contributed by atoms with Crippen molar-refractivity contribution in [3.63, 3.8) is 0 Å². The van der Waals surface area contributed by atoms with Crippen molar-refractivity contribution in [1.82, 2.24) is 16.0 Å². The number of benzene rings is 3. The molecule has 6 N–H and O–H groups in total. The SMILES string of the molecule is CC(C)[C@H](NC(=O)OCc1ccccc1)C(=O)N[C@@H](CCCNC(N)=O)C(=O)Nc1ccc(COC(=O)Oc2ccc([N+](=O)[O-])cc2)cc1. The summed E-state index contributed by atoms with van der Waals surface area (Å²) in [6.45, 7) is 3.47. The van der Waals surface area contributed by atoms with Crippen molar-refractivity contribution in [3.8, 4) is 5.75 Å². The van der Waals surface area contributed by atoms with Crippen LogP contribution in [-0.4, -0.2) is 53.6 Å². The molecule has 16 heteroatoms. The van der Waals surface area contributed by atoms with E-state index in [1.54, 1.807) is 62.4 Å². The lowest BCUT2D eigenvalue weighted by atomic mass is 10.0. The van der Waals surface area contributed by atoms with Crippen LogP contribution in [-0.2, 0) is 32.3 Å². The van der Waals surface area contributed by atoms with E-state index in [0.29, 0.717) is 17.7 Å². The minimum Gasteiger partial charge on any atom is -0.445 e. The maximum absolute atomic E-state index is 13.3. The second-order valence-electron chi connectivity index (χ2n) is 11.0. The number of urea groups is 1. The molecule has 0 radical (unpaired) electrons. The van der Waals surface area contributed by atoms with E-state index in [-0.39, 0.29) is 43.5 Å². The Hall–Kier alpha value is -6.19. The van der Waals surface area contributed by atoms with Gasteiger partial charge in [-0.05, 0) is 54.2 Å². The number of carbonyl (C=O) groups is 5. The number of primary amides is 1. The highest BCUT2D eigenvalue weighted by Crippen LogP contribution is 2.18. The Morgan fingerprint density at radius 3 is 2.06 bits per heavy atom. The third-order valence-electron chi connectivity index (χ3n) is 6.86. The lowest BCUT2D eigenvalue weighted by Gasteiger charge is -2.25. The van der Waals surface area contributed by atoms with Gasteiger partial charge in [-0.25, -0.2) is 14.4 Å². The van der Waals surface area contributed by atoms with E-state index in [9.17, 15) is 34.1 Å². The number of non-ortho nitro benzene ring substituents is 1. The van der Waals surface area contributed by atoms with Crippen molar-refractivity contribution in [2.45, 2.75) is 52.0 Å². The first kappa shape index (κ1) is 37.3. The molecule has 2 atom stereocenters. The molecular formula is C33H38N6O10. The van der Waals surface area contributed by atoms with E-state index in [0.717, 1.165) is 5.56 Å². The minimum absolute atomic E-state index is 0.00812.